The number of carbonyl (C=O) groups is 1. The van der Waals surface area contributed by atoms with Gasteiger partial charge in [-0.2, -0.15) is 0 Å². The summed E-state index contributed by atoms with van der Waals surface area (Å²) in [4.78, 5) is 17.0. The van der Waals surface area contributed by atoms with E-state index in [1.807, 2.05) is 0 Å². The van der Waals surface area contributed by atoms with Crippen molar-refractivity contribution in [3.8, 4) is 0 Å². The highest BCUT2D eigenvalue weighted by Crippen LogP contribution is 2.15. The molecule has 1 aromatic rings. The molecule has 18 heavy (non-hydrogen) atoms. The van der Waals surface area contributed by atoms with Crippen molar-refractivity contribution in [1.29, 1.82) is 0 Å². The molecule has 2 N–H and O–H groups in total. The van der Waals surface area contributed by atoms with Crippen LogP contribution in [0, 0.1) is 5.92 Å². The molecule has 1 aliphatic rings. The number of nitrogens with one attached hydrogen (secondary N) is 2. The summed E-state index contributed by atoms with van der Waals surface area (Å²) in [6.07, 6.45) is 2.17. The Bertz CT molecular complexity index is 406. The minimum Gasteiger partial charge on any atom is -0.317 e. The van der Waals surface area contributed by atoms with E-state index in [9.17, 15) is 4.79 Å². The Kier molecular flexibility index (Phi) is 4.99. The maximum Gasteiger partial charge on any atom is 0.276 e. The summed E-state index contributed by atoms with van der Waals surface area (Å²) in [6, 6.07) is 6.91. The molecule has 0 radical (unpaired) electrons. The number of hydrogen-bond acceptors (Lipinski definition) is 3. The third-order valence-electron chi connectivity index (χ3n) is 3.06. The van der Waals surface area contributed by atoms with E-state index in [1.54, 1.807) is 24.3 Å². The van der Waals surface area contributed by atoms with Gasteiger partial charge in [-0.05, 0) is 44.0 Å². The van der Waals surface area contributed by atoms with Crippen LogP contribution in [-0.4, -0.2) is 25.6 Å². The summed E-state index contributed by atoms with van der Waals surface area (Å²) < 4.78 is 0. The first-order valence-corrected chi connectivity index (χ1v) is 6.52. The highest BCUT2D eigenvalue weighted by Gasteiger charge is 2.14. The van der Waals surface area contributed by atoms with E-state index in [4.69, 9.17) is 16.4 Å². The van der Waals surface area contributed by atoms with E-state index in [1.165, 1.54) is 0 Å². The number of piperidine rings is 1. The second kappa shape index (κ2) is 6.73. The van der Waals surface area contributed by atoms with Crippen molar-refractivity contribution in [3.05, 3.63) is 34.9 Å². The molecule has 1 amide bonds. The van der Waals surface area contributed by atoms with Gasteiger partial charge >= 0.3 is 0 Å². The SMILES string of the molecule is O=C(NOCC1CCNCC1)c1ccccc1Cl. The van der Waals surface area contributed by atoms with Gasteiger partial charge in [0.25, 0.3) is 5.91 Å². The lowest BCUT2D eigenvalue weighted by atomic mass is 10.00. The van der Waals surface area contributed by atoms with Gasteiger partial charge in [0.15, 0.2) is 0 Å². The third kappa shape index (κ3) is 3.70. The van der Waals surface area contributed by atoms with Gasteiger partial charge in [0.2, 0.25) is 0 Å². The predicted molar refractivity (Wildman–Crippen MR) is 70.5 cm³/mol. The average Bonchev–Trinajstić information content (AvgIpc) is 2.40. The van der Waals surface area contributed by atoms with Crippen LogP contribution in [0.5, 0.6) is 0 Å². The molecule has 0 aliphatic carbocycles. The van der Waals surface area contributed by atoms with Gasteiger partial charge < -0.3 is 5.32 Å². The topological polar surface area (TPSA) is 50.4 Å². The zero-order valence-electron chi connectivity index (χ0n) is 10.1. The van der Waals surface area contributed by atoms with E-state index in [0.717, 1.165) is 25.9 Å². The summed E-state index contributed by atoms with van der Waals surface area (Å²) in [6.45, 7) is 2.59. The Morgan fingerprint density at radius 2 is 2.11 bits per heavy atom. The van der Waals surface area contributed by atoms with Crippen LogP contribution in [0.1, 0.15) is 23.2 Å². The van der Waals surface area contributed by atoms with Crippen molar-refractivity contribution in [3.63, 3.8) is 0 Å². The maximum atomic E-state index is 11.8. The molecule has 0 unspecified atom stereocenters. The summed E-state index contributed by atoms with van der Waals surface area (Å²) in [5.41, 5.74) is 2.88. The lowest BCUT2D eigenvalue weighted by molar-refractivity contribution is 0.0118. The number of halogens is 1. The largest absolute Gasteiger partial charge is 0.317 e. The van der Waals surface area contributed by atoms with Crippen LogP contribution in [0.2, 0.25) is 5.02 Å². The van der Waals surface area contributed by atoms with Crippen LogP contribution >= 0.6 is 11.6 Å². The van der Waals surface area contributed by atoms with Crippen LogP contribution in [0.15, 0.2) is 24.3 Å². The fourth-order valence-corrected chi connectivity index (χ4v) is 2.20. The van der Waals surface area contributed by atoms with Crippen molar-refractivity contribution in [2.75, 3.05) is 19.7 Å². The summed E-state index contributed by atoms with van der Waals surface area (Å²) in [5, 5.41) is 3.72. The van der Waals surface area contributed by atoms with Crippen LogP contribution in [0.3, 0.4) is 0 Å². The Labute approximate surface area is 112 Å². The lowest BCUT2D eigenvalue weighted by Crippen LogP contribution is -2.33. The molecule has 1 heterocycles. The molecule has 0 saturated carbocycles. The van der Waals surface area contributed by atoms with E-state index in [-0.39, 0.29) is 5.91 Å². The fourth-order valence-electron chi connectivity index (χ4n) is 1.97. The van der Waals surface area contributed by atoms with Crippen molar-refractivity contribution >= 4 is 17.5 Å². The van der Waals surface area contributed by atoms with Gasteiger partial charge in [-0.3, -0.25) is 9.63 Å². The Morgan fingerprint density at radius 1 is 1.39 bits per heavy atom. The van der Waals surface area contributed by atoms with Gasteiger partial charge in [0.1, 0.15) is 0 Å². The first-order valence-electron chi connectivity index (χ1n) is 6.15. The standard InChI is InChI=1S/C13H17ClN2O2/c14-12-4-2-1-3-11(12)13(17)16-18-9-10-5-7-15-8-6-10/h1-4,10,15H,5-9H2,(H,16,17). The first kappa shape index (κ1) is 13.3. The molecule has 5 heteroatoms. The molecule has 0 spiro atoms. The normalized spacial score (nSPS) is 16.5. The number of benzene rings is 1. The Morgan fingerprint density at radius 3 is 2.83 bits per heavy atom. The van der Waals surface area contributed by atoms with Gasteiger partial charge in [-0.1, -0.05) is 23.7 Å². The number of hydrogen-bond donors (Lipinski definition) is 2. The van der Waals surface area contributed by atoms with Gasteiger partial charge in [0.05, 0.1) is 17.2 Å². The molecule has 1 saturated heterocycles. The summed E-state index contributed by atoms with van der Waals surface area (Å²) >= 11 is 5.92. The minimum atomic E-state index is -0.297. The lowest BCUT2D eigenvalue weighted by Gasteiger charge is -2.22. The van der Waals surface area contributed by atoms with Crippen LogP contribution < -0.4 is 10.8 Å². The van der Waals surface area contributed by atoms with E-state index < -0.39 is 0 Å². The number of hydroxylamine groups is 1. The van der Waals surface area contributed by atoms with E-state index in [0.29, 0.717) is 23.1 Å². The average molecular weight is 269 g/mol. The van der Waals surface area contributed by atoms with Crippen molar-refractivity contribution in [2.24, 2.45) is 5.92 Å². The van der Waals surface area contributed by atoms with Crippen molar-refractivity contribution in [2.45, 2.75) is 12.8 Å². The molecule has 1 aliphatic heterocycles. The molecule has 1 aromatic carbocycles. The monoisotopic (exact) mass is 268 g/mol. The van der Waals surface area contributed by atoms with Crippen LogP contribution in [0.4, 0.5) is 0 Å². The fraction of sp³-hybridized carbons (Fsp3) is 0.462. The van der Waals surface area contributed by atoms with Crippen molar-refractivity contribution in [1.82, 2.24) is 10.8 Å². The zero-order chi connectivity index (χ0) is 12.8. The number of carbonyl (C=O) groups excluding carboxylic acids is 1. The molecule has 1 fully saturated rings. The second-order valence-corrected chi connectivity index (χ2v) is 4.82. The molecule has 2 rings (SSSR count). The summed E-state index contributed by atoms with van der Waals surface area (Å²) in [7, 11) is 0. The Hall–Kier alpha value is -1.10. The van der Waals surface area contributed by atoms with Gasteiger partial charge in [0, 0.05) is 0 Å². The van der Waals surface area contributed by atoms with Crippen LogP contribution in [0.25, 0.3) is 0 Å². The molecule has 0 aromatic heterocycles. The van der Waals surface area contributed by atoms with Crippen molar-refractivity contribution < 1.29 is 9.63 Å². The molecule has 0 bridgehead atoms. The highest BCUT2D eigenvalue weighted by atomic mass is 35.5. The molecular formula is C13H17ClN2O2. The predicted octanol–water partition coefficient (Wildman–Crippen LogP) is 2.00. The van der Waals surface area contributed by atoms with E-state index >= 15 is 0 Å². The number of amides is 1. The molecule has 0 atom stereocenters. The maximum absolute atomic E-state index is 11.8. The smallest absolute Gasteiger partial charge is 0.276 e. The van der Waals surface area contributed by atoms with Gasteiger partial charge in [-0.25, -0.2) is 5.48 Å². The molecular weight excluding hydrogens is 252 g/mol. The van der Waals surface area contributed by atoms with Crippen LogP contribution in [-0.2, 0) is 4.84 Å². The summed E-state index contributed by atoms with van der Waals surface area (Å²) in [5.74, 6) is 0.215. The first-order chi connectivity index (χ1) is 8.77. The minimum absolute atomic E-state index is 0.297. The highest BCUT2D eigenvalue weighted by molar-refractivity contribution is 6.33. The molecule has 4 nitrogen and oxygen atoms in total. The van der Waals surface area contributed by atoms with E-state index in [2.05, 4.69) is 10.8 Å². The quantitative estimate of drug-likeness (QED) is 0.822. The number of rotatable bonds is 4. The van der Waals surface area contributed by atoms with Gasteiger partial charge in [-0.15, -0.1) is 0 Å². The zero-order valence-corrected chi connectivity index (χ0v) is 10.9. The Balaban J connectivity index is 1.76. The second-order valence-electron chi connectivity index (χ2n) is 4.42. The third-order valence-corrected chi connectivity index (χ3v) is 3.39. The molecule has 98 valence electrons.